The summed E-state index contributed by atoms with van der Waals surface area (Å²) in [7, 11) is 0. The van der Waals surface area contributed by atoms with Crippen molar-refractivity contribution in [2.24, 2.45) is 0 Å². The van der Waals surface area contributed by atoms with E-state index in [4.69, 9.17) is 10.5 Å². The van der Waals surface area contributed by atoms with Gasteiger partial charge < -0.3 is 15.8 Å². The monoisotopic (exact) mass is 263 g/mol. The summed E-state index contributed by atoms with van der Waals surface area (Å²) in [5.41, 5.74) is 9.35. The Hall–Kier alpha value is -1.75. The fourth-order valence-corrected chi connectivity index (χ4v) is 2.05. The van der Waals surface area contributed by atoms with Crippen molar-refractivity contribution in [1.82, 2.24) is 4.98 Å². The number of nitrogens with zero attached hydrogens (tertiary/aromatic N) is 1. The van der Waals surface area contributed by atoms with Crippen molar-refractivity contribution < 1.29 is 4.74 Å². The SMILES string of the molecule is CC(C)Oc1cc(NCc2cncs2)ccc1N. The predicted molar refractivity (Wildman–Crippen MR) is 76.1 cm³/mol. The number of nitrogen functional groups attached to an aromatic ring is 1. The number of hydrogen-bond donors (Lipinski definition) is 2. The Balaban J connectivity index is 2.04. The Morgan fingerprint density at radius 3 is 2.94 bits per heavy atom. The molecule has 0 unspecified atom stereocenters. The minimum atomic E-state index is 0.115. The molecule has 0 atom stereocenters. The fraction of sp³-hybridized carbons (Fsp3) is 0.308. The highest BCUT2D eigenvalue weighted by Crippen LogP contribution is 2.26. The molecule has 1 heterocycles. The third kappa shape index (κ3) is 3.37. The van der Waals surface area contributed by atoms with Gasteiger partial charge in [0.25, 0.3) is 0 Å². The first-order valence-electron chi connectivity index (χ1n) is 5.82. The number of hydrogen-bond acceptors (Lipinski definition) is 5. The number of thiazole rings is 1. The molecule has 0 saturated heterocycles. The molecule has 3 N–H and O–H groups in total. The summed E-state index contributed by atoms with van der Waals surface area (Å²) < 4.78 is 5.65. The zero-order valence-electron chi connectivity index (χ0n) is 10.5. The number of benzene rings is 1. The number of rotatable bonds is 5. The van der Waals surface area contributed by atoms with E-state index in [1.165, 1.54) is 4.88 Å². The molecule has 0 spiro atoms. The molecule has 2 aromatic rings. The quantitative estimate of drug-likeness (QED) is 0.814. The van der Waals surface area contributed by atoms with Crippen molar-refractivity contribution >= 4 is 22.7 Å². The van der Waals surface area contributed by atoms with E-state index >= 15 is 0 Å². The molecule has 1 aromatic heterocycles. The number of aromatic nitrogens is 1. The molecule has 0 aliphatic heterocycles. The van der Waals surface area contributed by atoms with Gasteiger partial charge in [0.05, 0.1) is 23.8 Å². The van der Waals surface area contributed by atoms with E-state index in [2.05, 4.69) is 10.3 Å². The minimum absolute atomic E-state index is 0.115. The highest BCUT2D eigenvalue weighted by atomic mass is 32.1. The van der Waals surface area contributed by atoms with Gasteiger partial charge in [0, 0.05) is 22.8 Å². The van der Waals surface area contributed by atoms with Crippen LogP contribution in [0, 0.1) is 0 Å². The maximum Gasteiger partial charge on any atom is 0.144 e. The van der Waals surface area contributed by atoms with Crippen molar-refractivity contribution in [2.75, 3.05) is 11.1 Å². The lowest BCUT2D eigenvalue weighted by molar-refractivity contribution is 0.244. The first-order chi connectivity index (χ1) is 8.65. The van der Waals surface area contributed by atoms with Crippen molar-refractivity contribution in [3.05, 3.63) is 34.8 Å². The molecule has 2 rings (SSSR count). The van der Waals surface area contributed by atoms with Crippen LogP contribution >= 0.6 is 11.3 Å². The van der Waals surface area contributed by atoms with E-state index in [0.717, 1.165) is 18.0 Å². The maximum absolute atomic E-state index is 5.87. The molecule has 0 aliphatic carbocycles. The Morgan fingerprint density at radius 2 is 2.28 bits per heavy atom. The van der Waals surface area contributed by atoms with Crippen molar-refractivity contribution in [2.45, 2.75) is 26.5 Å². The summed E-state index contributed by atoms with van der Waals surface area (Å²) in [5.74, 6) is 0.722. The second-order valence-corrected chi connectivity index (χ2v) is 5.21. The Bertz CT molecular complexity index is 497. The van der Waals surface area contributed by atoms with Crippen LogP contribution in [0.5, 0.6) is 5.75 Å². The van der Waals surface area contributed by atoms with Gasteiger partial charge in [-0.25, -0.2) is 0 Å². The average Bonchev–Trinajstić information content (AvgIpc) is 2.82. The molecular weight excluding hydrogens is 246 g/mol. The normalized spacial score (nSPS) is 10.6. The van der Waals surface area contributed by atoms with Crippen LogP contribution < -0.4 is 15.8 Å². The maximum atomic E-state index is 5.87. The predicted octanol–water partition coefficient (Wildman–Crippen LogP) is 3.12. The molecule has 96 valence electrons. The molecule has 1 aromatic carbocycles. The number of ether oxygens (including phenoxy) is 1. The average molecular weight is 263 g/mol. The Labute approximate surface area is 111 Å². The molecular formula is C13H17N3OS. The van der Waals surface area contributed by atoms with E-state index in [1.807, 2.05) is 43.8 Å². The van der Waals surface area contributed by atoms with Gasteiger partial charge in [-0.05, 0) is 26.0 Å². The molecule has 5 heteroatoms. The highest BCUT2D eigenvalue weighted by molar-refractivity contribution is 7.09. The molecule has 0 fully saturated rings. The molecule has 0 aliphatic rings. The van der Waals surface area contributed by atoms with Crippen LogP contribution in [0.4, 0.5) is 11.4 Å². The molecule has 18 heavy (non-hydrogen) atoms. The van der Waals surface area contributed by atoms with Crippen LogP contribution in [0.2, 0.25) is 0 Å². The molecule has 0 radical (unpaired) electrons. The van der Waals surface area contributed by atoms with Crippen molar-refractivity contribution in [3.8, 4) is 5.75 Å². The summed E-state index contributed by atoms with van der Waals surface area (Å²) in [6.45, 7) is 4.73. The molecule has 0 bridgehead atoms. The lowest BCUT2D eigenvalue weighted by Gasteiger charge is -2.14. The zero-order valence-corrected chi connectivity index (χ0v) is 11.3. The topological polar surface area (TPSA) is 60.2 Å². The van der Waals surface area contributed by atoms with E-state index in [9.17, 15) is 0 Å². The third-order valence-electron chi connectivity index (χ3n) is 2.33. The van der Waals surface area contributed by atoms with Gasteiger partial charge in [-0.2, -0.15) is 0 Å². The van der Waals surface area contributed by atoms with Gasteiger partial charge in [0.2, 0.25) is 0 Å². The van der Waals surface area contributed by atoms with E-state index in [0.29, 0.717) is 5.69 Å². The lowest BCUT2D eigenvalue weighted by atomic mass is 10.2. The Kier molecular flexibility index (Phi) is 4.04. The van der Waals surface area contributed by atoms with Crippen LogP contribution in [0.3, 0.4) is 0 Å². The molecule has 0 amide bonds. The zero-order chi connectivity index (χ0) is 13.0. The summed E-state index contributed by atoms with van der Waals surface area (Å²) in [6, 6.07) is 5.73. The first kappa shape index (κ1) is 12.7. The summed E-state index contributed by atoms with van der Waals surface area (Å²) >= 11 is 1.63. The van der Waals surface area contributed by atoms with E-state index < -0.39 is 0 Å². The fourth-order valence-electron chi connectivity index (χ4n) is 1.52. The number of anilines is 2. The minimum Gasteiger partial charge on any atom is -0.489 e. The molecule has 0 saturated carbocycles. The van der Waals surface area contributed by atoms with E-state index in [-0.39, 0.29) is 6.10 Å². The van der Waals surface area contributed by atoms with Gasteiger partial charge in [-0.3, -0.25) is 4.98 Å². The second kappa shape index (κ2) is 5.73. The summed E-state index contributed by atoms with van der Waals surface area (Å²) in [4.78, 5) is 5.23. The molecule has 4 nitrogen and oxygen atoms in total. The number of nitrogens with one attached hydrogen (secondary N) is 1. The first-order valence-corrected chi connectivity index (χ1v) is 6.70. The van der Waals surface area contributed by atoms with Crippen LogP contribution in [0.1, 0.15) is 18.7 Å². The third-order valence-corrected chi connectivity index (χ3v) is 3.11. The van der Waals surface area contributed by atoms with Gasteiger partial charge in [0.15, 0.2) is 0 Å². The van der Waals surface area contributed by atoms with Gasteiger partial charge in [-0.15, -0.1) is 11.3 Å². The highest BCUT2D eigenvalue weighted by Gasteiger charge is 2.04. The van der Waals surface area contributed by atoms with Crippen molar-refractivity contribution in [1.29, 1.82) is 0 Å². The number of nitrogens with two attached hydrogens (primary N) is 1. The van der Waals surface area contributed by atoms with Crippen molar-refractivity contribution in [3.63, 3.8) is 0 Å². The van der Waals surface area contributed by atoms with E-state index in [1.54, 1.807) is 11.3 Å². The standard InChI is InChI=1S/C13H17N3OS/c1-9(2)17-13-5-10(3-4-12(13)14)16-7-11-6-15-8-18-11/h3-6,8-9,16H,7,14H2,1-2H3. The van der Waals surface area contributed by atoms with Gasteiger partial charge >= 0.3 is 0 Å². The summed E-state index contributed by atoms with van der Waals surface area (Å²) in [6.07, 6.45) is 1.98. The van der Waals surface area contributed by atoms with Crippen LogP contribution in [-0.2, 0) is 6.54 Å². The lowest BCUT2D eigenvalue weighted by Crippen LogP contribution is -2.08. The summed E-state index contributed by atoms with van der Waals surface area (Å²) in [5, 5.41) is 3.32. The van der Waals surface area contributed by atoms with Gasteiger partial charge in [0.1, 0.15) is 5.75 Å². The smallest absolute Gasteiger partial charge is 0.144 e. The van der Waals surface area contributed by atoms with Gasteiger partial charge in [-0.1, -0.05) is 0 Å². The van der Waals surface area contributed by atoms with Crippen LogP contribution in [0.25, 0.3) is 0 Å². The van der Waals surface area contributed by atoms with Crippen LogP contribution in [-0.4, -0.2) is 11.1 Å². The Morgan fingerprint density at radius 1 is 1.44 bits per heavy atom. The largest absolute Gasteiger partial charge is 0.489 e. The van der Waals surface area contributed by atoms with Crippen LogP contribution in [0.15, 0.2) is 29.9 Å². The second-order valence-electron chi connectivity index (χ2n) is 4.24.